The first-order valence-electron chi connectivity index (χ1n) is 7.19. The van der Waals surface area contributed by atoms with Crippen LogP contribution in [0.15, 0.2) is 24.3 Å². The van der Waals surface area contributed by atoms with Gasteiger partial charge >= 0.3 is 0 Å². The average Bonchev–Trinajstić information content (AvgIpc) is 2.81. The number of hydrogen-bond acceptors (Lipinski definition) is 4. The van der Waals surface area contributed by atoms with Crippen LogP contribution in [-0.2, 0) is 0 Å². The fourth-order valence-electron chi connectivity index (χ4n) is 3.41. The highest BCUT2D eigenvalue weighted by molar-refractivity contribution is 5.46. The fraction of sp³-hybridized carbons (Fsp3) is 0.600. The maximum absolute atomic E-state index is 6.05. The van der Waals surface area contributed by atoms with E-state index in [1.54, 1.807) is 0 Å². The summed E-state index contributed by atoms with van der Waals surface area (Å²) in [7, 11) is 4.14. The van der Waals surface area contributed by atoms with Crippen LogP contribution < -0.4 is 21.5 Å². The predicted octanol–water partition coefficient (Wildman–Crippen LogP) is 1.40. The topological polar surface area (TPSA) is 53.3 Å². The zero-order valence-corrected chi connectivity index (χ0v) is 11.8. The Labute approximate surface area is 115 Å². The molecule has 4 heteroatoms. The summed E-state index contributed by atoms with van der Waals surface area (Å²) in [5, 5.41) is 0. The number of hydrazine groups is 1. The van der Waals surface area contributed by atoms with Crippen molar-refractivity contribution in [2.45, 2.75) is 37.4 Å². The van der Waals surface area contributed by atoms with Crippen LogP contribution in [0.4, 0.5) is 5.69 Å². The molecule has 0 spiro atoms. The third-order valence-electron chi connectivity index (χ3n) is 4.57. The van der Waals surface area contributed by atoms with Gasteiger partial charge in [0.2, 0.25) is 0 Å². The first-order chi connectivity index (χ1) is 9.15. The Morgan fingerprint density at radius 2 is 1.84 bits per heavy atom. The Balaban J connectivity index is 1.76. The summed E-state index contributed by atoms with van der Waals surface area (Å²) in [5.41, 5.74) is 15.6. The van der Waals surface area contributed by atoms with Gasteiger partial charge in [-0.25, -0.2) is 5.43 Å². The van der Waals surface area contributed by atoms with Crippen LogP contribution in [0.25, 0.3) is 0 Å². The molecule has 0 aromatic heterocycles. The van der Waals surface area contributed by atoms with Gasteiger partial charge in [-0.15, -0.1) is 0 Å². The molecule has 4 atom stereocenters. The minimum Gasteiger partial charge on any atom is -0.378 e. The van der Waals surface area contributed by atoms with Crippen LogP contribution in [0.2, 0.25) is 0 Å². The third-order valence-corrected chi connectivity index (χ3v) is 4.57. The molecule has 2 aliphatic rings. The van der Waals surface area contributed by atoms with Crippen molar-refractivity contribution in [1.29, 1.82) is 0 Å². The van der Waals surface area contributed by atoms with Gasteiger partial charge in [-0.2, -0.15) is 0 Å². The fourth-order valence-corrected chi connectivity index (χ4v) is 3.41. The lowest BCUT2D eigenvalue weighted by Crippen LogP contribution is -2.41. The Bertz CT molecular complexity index is 428. The second-order valence-corrected chi connectivity index (χ2v) is 6.10. The average molecular weight is 260 g/mol. The summed E-state index contributed by atoms with van der Waals surface area (Å²) in [5.74, 6) is 0.671. The van der Waals surface area contributed by atoms with E-state index in [2.05, 4.69) is 54.1 Å². The number of nitrogens with two attached hydrogens (primary N) is 1. The van der Waals surface area contributed by atoms with E-state index in [-0.39, 0.29) is 0 Å². The Hall–Kier alpha value is -1.10. The van der Waals surface area contributed by atoms with E-state index in [9.17, 15) is 0 Å². The molecule has 104 valence electrons. The molecule has 1 saturated carbocycles. The first-order valence-corrected chi connectivity index (χ1v) is 7.19. The predicted molar refractivity (Wildman–Crippen MR) is 78.9 cm³/mol. The molecule has 1 saturated heterocycles. The summed E-state index contributed by atoms with van der Waals surface area (Å²) in [6.07, 6.45) is 3.45. The first kappa shape index (κ1) is 12.9. The van der Waals surface area contributed by atoms with Gasteiger partial charge in [0.1, 0.15) is 0 Å². The highest BCUT2D eigenvalue weighted by Gasteiger charge is 2.39. The van der Waals surface area contributed by atoms with Crippen LogP contribution in [0, 0.1) is 5.92 Å². The minimum atomic E-state index is 0.366. The molecule has 4 N–H and O–H groups in total. The molecule has 4 unspecified atom stereocenters. The molecule has 1 aromatic rings. The van der Waals surface area contributed by atoms with Crippen molar-refractivity contribution in [1.82, 2.24) is 10.9 Å². The van der Waals surface area contributed by atoms with Crippen LogP contribution in [0.3, 0.4) is 0 Å². The molecule has 0 bridgehead atoms. The Morgan fingerprint density at radius 1 is 1.11 bits per heavy atom. The van der Waals surface area contributed by atoms with Gasteiger partial charge in [0, 0.05) is 31.9 Å². The summed E-state index contributed by atoms with van der Waals surface area (Å²) in [4.78, 5) is 2.13. The maximum Gasteiger partial charge on any atom is 0.0506 e. The molecule has 3 rings (SSSR count). The van der Waals surface area contributed by atoms with Gasteiger partial charge in [0.15, 0.2) is 0 Å². The number of nitrogens with zero attached hydrogens (tertiary/aromatic N) is 1. The number of nitrogens with one attached hydrogen (secondary N) is 2. The number of anilines is 1. The smallest absolute Gasteiger partial charge is 0.0506 e. The van der Waals surface area contributed by atoms with Crippen molar-refractivity contribution in [3.8, 4) is 0 Å². The summed E-state index contributed by atoms with van der Waals surface area (Å²) in [6.45, 7) is 0. The molecule has 1 heterocycles. The standard InChI is InChI=1S/C15H24N4/c1-19(2)12-6-3-10(4-7-12)15-13-8-5-11(16)9-14(13)17-18-15/h3-4,6-7,11,13-15,17-18H,5,8-9,16H2,1-2H3. The molecule has 1 aliphatic heterocycles. The molecular weight excluding hydrogens is 236 g/mol. The normalized spacial score (nSPS) is 34.1. The molecular formula is C15H24N4. The van der Waals surface area contributed by atoms with E-state index in [4.69, 9.17) is 5.73 Å². The van der Waals surface area contributed by atoms with Gasteiger partial charge in [-0.3, -0.25) is 5.43 Å². The molecule has 1 aromatic carbocycles. The van der Waals surface area contributed by atoms with Crippen molar-refractivity contribution >= 4 is 5.69 Å². The van der Waals surface area contributed by atoms with E-state index in [0.717, 1.165) is 12.8 Å². The van der Waals surface area contributed by atoms with Crippen molar-refractivity contribution in [3.05, 3.63) is 29.8 Å². The summed E-state index contributed by atoms with van der Waals surface area (Å²) < 4.78 is 0. The van der Waals surface area contributed by atoms with E-state index < -0.39 is 0 Å². The van der Waals surface area contributed by atoms with Gasteiger partial charge in [-0.05, 0) is 42.9 Å². The van der Waals surface area contributed by atoms with Gasteiger partial charge in [0.25, 0.3) is 0 Å². The molecule has 0 radical (unpaired) electrons. The van der Waals surface area contributed by atoms with Crippen molar-refractivity contribution in [3.63, 3.8) is 0 Å². The largest absolute Gasteiger partial charge is 0.378 e. The molecule has 2 fully saturated rings. The zero-order valence-electron chi connectivity index (χ0n) is 11.8. The van der Waals surface area contributed by atoms with E-state index in [1.165, 1.54) is 17.7 Å². The second kappa shape index (κ2) is 5.12. The summed E-state index contributed by atoms with van der Waals surface area (Å²) >= 11 is 0. The molecule has 19 heavy (non-hydrogen) atoms. The number of rotatable bonds is 2. The molecule has 0 amide bonds. The van der Waals surface area contributed by atoms with Gasteiger partial charge in [0.05, 0.1) is 6.04 Å². The lowest BCUT2D eigenvalue weighted by Gasteiger charge is -2.31. The number of hydrogen-bond donors (Lipinski definition) is 3. The third kappa shape index (κ3) is 2.48. The quantitative estimate of drug-likeness (QED) is 0.752. The highest BCUT2D eigenvalue weighted by Crippen LogP contribution is 2.37. The van der Waals surface area contributed by atoms with E-state index in [0.29, 0.717) is 24.0 Å². The maximum atomic E-state index is 6.05. The minimum absolute atomic E-state index is 0.366. The Kier molecular flexibility index (Phi) is 3.48. The van der Waals surface area contributed by atoms with Crippen LogP contribution in [0.1, 0.15) is 30.9 Å². The lowest BCUT2D eigenvalue weighted by molar-refractivity contribution is 0.281. The molecule has 4 nitrogen and oxygen atoms in total. The van der Waals surface area contributed by atoms with Crippen molar-refractivity contribution in [2.24, 2.45) is 11.7 Å². The van der Waals surface area contributed by atoms with Crippen LogP contribution in [-0.4, -0.2) is 26.2 Å². The lowest BCUT2D eigenvalue weighted by atomic mass is 9.78. The van der Waals surface area contributed by atoms with Crippen LogP contribution in [0.5, 0.6) is 0 Å². The van der Waals surface area contributed by atoms with E-state index in [1.807, 2.05) is 0 Å². The monoisotopic (exact) mass is 260 g/mol. The van der Waals surface area contributed by atoms with Crippen LogP contribution >= 0.6 is 0 Å². The zero-order chi connectivity index (χ0) is 13.4. The van der Waals surface area contributed by atoms with Crippen molar-refractivity contribution in [2.75, 3.05) is 19.0 Å². The second-order valence-electron chi connectivity index (χ2n) is 6.10. The number of fused-ring (bicyclic) bond motifs is 1. The summed E-state index contributed by atoms with van der Waals surface area (Å²) in [6, 6.07) is 10.2. The van der Waals surface area contributed by atoms with Gasteiger partial charge < -0.3 is 10.6 Å². The van der Waals surface area contributed by atoms with Crippen molar-refractivity contribution < 1.29 is 0 Å². The Morgan fingerprint density at radius 3 is 2.53 bits per heavy atom. The number of benzene rings is 1. The van der Waals surface area contributed by atoms with E-state index >= 15 is 0 Å². The van der Waals surface area contributed by atoms with Gasteiger partial charge in [-0.1, -0.05) is 12.1 Å². The SMILES string of the molecule is CN(C)c1ccc(C2NNC3CC(N)CCC32)cc1. The molecule has 1 aliphatic carbocycles. The highest BCUT2D eigenvalue weighted by atomic mass is 15.4.